The SMILES string of the molecule is CCOC(=O)CCCOc1ccc(CCCCCCOC2CCCCO2)c(C=O)c1. The number of hydrogen-bond acceptors (Lipinski definition) is 6. The van der Waals surface area contributed by atoms with E-state index < -0.39 is 0 Å². The van der Waals surface area contributed by atoms with Crippen LogP contribution in [-0.2, 0) is 25.4 Å². The predicted octanol–water partition coefficient (Wildman–Crippen LogP) is 4.87. The molecule has 0 aliphatic carbocycles. The number of rotatable bonds is 15. The number of hydrogen-bond donors (Lipinski definition) is 0. The van der Waals surface area contributed by atoms with Crippen molar-refractivity contribution in [1.29, 1.82) is 0 Å². The van der Waals surface area contributed by atoms with Crippen LogP contribution >= 0.6 is 0 Å². The molecule has 6 heteroatoms. The molecule has 0 radical (unpaired) electrons. The maximum absolute atomic E-state index is 11.4. The highest BCUT2D eigenvalue weighted by molar-refractivity contribution is 5.78. The summed E-state index contributed by atoms with van der Waals surface area (Å²) in [7, 11) is 0. The Morgan fingerprint density at radius 1 is 1.13 bits per heavy atom. The van der Waals surface area contributed by atoms with E-state index in [2.05, 4.69) is 0 Å². The molecule has 0 aromatic heterocycles. The molecular formula is C24H36O6. The van der Waals surface area contributed by atoms with E-state index in [0.29, 0.717) is 37.4 Å². The van der Waals surface area contributed by atoms with E-state index in [9.17, 15) is 9.59 Å². The molecule has 1 aromatic rings. The van der Waals surface area contributed by atoms with Crippen LogP contribution in [0.25, 0.3) is 0 Å². The smallest absolute Gasteiger partial charge is 0.305 e. The van der Waals surface area contributed by atoms with Gasteiger partial charge in [-0.05, 0) is 69.6 Å². The lowest BCUT2D eigenvalue weighted by Gasteiger charge is -2.22. The van der Waals surface area contributed by atoms with E-state index in [1.807, 2.05) is 12.1 Å². The molecular weight excluding hydrogens is 384 g/mol. The highest BCUT2D eigenvalue weighted by atomic mass is 16.7. The van der Waals surface area contributed by atoms with Crippen molar-refractivity contribution in [1.82, 2.24) is 0 Å². The summed E-state index contributed by atoms with van der Waals surface area (Å²) in [4.78, 5) is 22.8. The molecule has 0 saturated carbocycles. The summed E-state index contributed by atoms with van der Waals surface area (Å²) >= 11 is 0. The predicted molar refractivity (Wildman–Crippen MR) is 115 cm³/mol. The molecule has 0 spiro atoms. The molecule has 1 saturated heterocycles. The fraction of sp³-hybridized carbons (Fsp3) is 0.667. The van der Waals surface area contributed by atoms with E-state index in [-0.39, 0.29) is 12.3 Å². The van der Waals surface area contributed by atoms with Crippen molar-refractivity contribution >= 4 is 12.3 Å². The lowest BCUT2D eigenvalue weighted by Crippen LogP contribution is -2.22. The third kappa shape index (κ3) is 9.72. The molecule has 1 atom stereocenters. The van der Waals surface area contributed by atoms with Crippen LogP contribution in [-0.4, -0.2) is 45.0 Å². The minimum absolute atomic E-state index is 0.000190. The summed E-state index contributed by atoms with van der Waals surface area (Å²) in [6.45, 7) is 4.18. The van der Waals surface area contributed by atoms with Crippen molar-refractivity contribution in [2.45, 2.75) is 77.4 Å². The maximum Gasteiger partial charge on any atom is 0.305 e. The molecule has 0 bridgehead atoms. The first-order chi connectivity index (χ1) is 14.7. The van der Waals surface area contributed by atoms with Gasteiger partial charge in [0.2, 0.25) is 0 Å². The van der Waals surface area contributed by atoms with Crippen LogP contribution < -0.4 is 4.74 Å². The summed E-state index contributed by atoms with van der Waals surface area (Å²) in [6, 6.07) is 5.64. The molecule has 1 aliphatic heterocycles. The number of unbranched alkanes of at least 4 members (excludes halogenated alkanes) is 3. The van der Waals surface area contributed by atoms with Gasteiger partial charge in [-0.15, -0.1) is 0 Å². The van der Waals surface area contributed by atoms with Crippen LogP contribution in [0.15, 0.2) is 18.2 Å². The van der Waals surface area contributed by atoms with Gasteiger partial charge >= 0.3 is 5.97 Å². The number of esters is 1. The summed E-state index contributed by atoms with van der Waals surface area (Å²) in [6.07, 6.45) is 10.4. The quantitative estimate of drug-likeness (QED) is 0.229. The van der Waals surface area contributed by atoms with Gasteiger partial charge in [0, 0.05) is 25.2 Å². The second-order valence-corrected chi connectivity index (χ2v) is 7.57. The van der Waals surface area contributed by atoms with Gasteiger partial charge in [0.05, 0.1) is 13.2 Å². The van der Waals surface area contributed by atoms with Crippen LogP contribution in [0.2, 0.25) is 0 Å². The highest BCUT2D eigenvalue weighted by Crippen LogP contribution is 2.20. The third-order valence-corrected chi connectivity index (χ3v) is 5.13. The first-order valence-electron chi connectivity index (χ1n) is 11.3. The highest BCUT2D eigenvalue weighted by Gasteiger charge is 2.13. The molecule has 1 aliphatic rings. The standard InChI is InChI=1S/C24H36O6/c1-2-27-23(26)11-9-17-28-22-14-13-20(21(18-22)19-25)10-5-3-4-7-15-29-24-12-6-8-16-30-24/h13-14,18-19,24H,2-12,15-17H2,1H3. The summed E-state index contributed by atoms with van der Waals surface area (Å²) < 4.78 is 21.9. The molecule has 1 unspecified atom stereocenters. The van der Waals surface area contributed by atoms with Crippen LogP contribution in [0.3, 0.4) is 0 Å². The molecule has 0 N–H and O–H groups in total. The van der Waals surface area contributed by atoms with Crippen molar-refractivity contribution < 1.29 is 28.5 Å². The van der Waals surface area contributed by atoms with Crippen LogP contribution in [0.4, 0.5) is 0 Å². The Morgan fingerprint density at radius 3 is 2.77 bits per heavy atom. The van der Waals surface area contributed by atoms with Crippen molar-refractivity contribution in [3.8, 4) is 5.75 Å². The first-order valence-corrected chi connectivity index (χ1v) is 11.3. The Bertz CT molecular complexity index is 624. The molecule has 6 nitrogen and oxygen atoms in total. The van der Waals surface area contributed by atoms with E-state index in [1.54, 1.807) is 13.0 Å². The Labute approximate surface area is 180 Å². The Hall–Kier alpha value is -1.92. The zero-order valence-corrected chi connectivity index (χ0v) is 18.2. The van der Waals surface area contributed by atoms with Crippen molar-refractivity contribution in [3.05, 3.63) is 29.3 Å². The van der Waals surface area contributed by atoms with Crippen molar-refractivity contribution in [2.24, 2.45) is 0 Å². The summed E-state index contributed by atoms with van der Waals surface area (Å²) in [5, 5.41) is 0. The van der Waals surface area contributed by atoms with Gasteiger partial charge in [-0.1, -0.05) is 18.9 Å². The number of ether oxygens (including phenoxy) is 4. The number of benzene rings is 1. The lowest BCUT2D eigenvalue weighted by molar-refractivity contribution is -0.162. The average Bonchev–Trinajstić information content (AvgIpc) is 2.77. The molecule has 168 valence electrons. The molecule has 2 rings (SSSR count). The van der Waals surface area contributed by atoms with Crippen LogP contribution in [0.5, 0.6) is 5.75 Å². The molecule has 30 heavy (non-hydrogen) atoms. The van der Waals surface area contributed by atoms with Crippen molar-refractivity contribution in [2.75, 3.05) is 26.4 Å². The van der Waals surface area contributed by atoms with E-state index in [0.717, 1.165) is 70.0 Å². The Kier molecular flexibility index (Phi) is 12.1. The van der Waals surface area contributed by atoms with E-state index in [4.69, 9.17) is 18.9 Å². The minimum Gasteiger partial charge on any atom is -0.494 e. The van der Waals surface area contributed by atoms with Crippen LogP contribution in [0, 0.1) is 0 Å². The normalized spacial score (nSPS) is 16.2. The van der Waals surface area contributed by atoms with Gasteiger partial charge < -0.3 is 18.9 Å². The van der Waals surface area contributed by atoms with Gasteiger partial charge in [0.15, 0.2) is 6.29 Å². The molecule has 1 fully saturated rings. The topological polar surface area (TPSA) is 71.1 Å². The summed E-state index contributed by atoms with van der Waals surface area (Å²) in [5.41, 5.74) is 1.73. The second kappa shape index (κ2) is 15.0. The van der Waals surface area contributed by atoms with Gasteiger partial charge in [-0.25, -0.2) is 0 Å². The number of carbonyl (C=O) groups is 2. The lowest BCUT2D eigenvalue weighted by atomic mass is 10.0. The third-order valence-electron chi connectivity index (χ3n) is 5.13. The molecule has 1 heterocycles. The monoisotopic (exact) mass is 420 g/mol. The summed E-state index contributed by atoms with van der Waals surface area (Å²) in [5.74, 6) is 0.450. The zero-order valence-electron chi connectivity index (χ0n) is 18.2. The molecule has 1 aromatic carbocycles. The van der Waals surface area contributed by atoms with Gasteiger partial charge in [-0.2, -0.15) is 0 Å². The Balaban J connectivity index is 1.59. The first kappa shape index (κ1) is 24.4. The van der Waals surface area contributed by atoms with Gasteiger partial charge in [-0.3, -0.25) is 9.59 Å². The van der Waals surface area contributed by atoms with Crippen LogP contribution in [0.1, 0.15) is 80.6 Å². The fourth-order valence-corrected chi connectivity index (χ4v) is 3.47. The minimum atomic E-state index is -0.209. The van der Waals surface area contributed by atoms with Crippen molar-refractivity contribution in [3.63, 3.8) is 0 Å². The van der Waals surface area contributed by atoms with E-state index in [1.165, 1.54) is 6.42 Å². The number of carbonyl (C=O) groups excluding carboxylic acids is 2. The molecule has 0 amide bonds. The maximum atomic E-state index is 11.4. The van der Waals surface area contributed by atoms with E-state index >= 15 is 0 Å². The average molecular weight is 421 g/mol. The second-order valence-electron chi connectivity index (χ2n) is 7.57. The Morgan fingerprint density at radius 2 is 2.00 bits per heavy atom. The largest absolute Gasteiger partial charge is 0.494 e. The fourth-order valence-electron chi connectivity index (χ4n) is 3.47. The zero-order chi connectivity index (χ0) is 21.4. The number of aryl methyl sites for hydroxylation is 1. The number of aldehydes is 1. The van der Waals surface area contributed by atoms with Gasteiger partial charge in [0.25, 0.3) is 0 Å². The van der Waals surface area contributed by atoms with Gasteiger partial charge in [0.1, 0.15) is 12.0 Å².